The van der Waals surface area contributed by atoms with Crippen LogP contribution in [0.4, 0.5) is 19.0 Å². The Morgan fingerprint density at radius 1 is 0.974 bits per heavy atom. The first-order valence-corrected chi connectivity index (χ1v) is 12.7. The van der Waals surface area contributed by atoms with Gasteiger partial charge in [-0.2, -0.15) is 17.7 Å². The molecule has 10 nitrogen and oxygen atoms in total. The van der Waals surface area contributed by atoms with Crippen LogP contribution < -0.4 is 9.64 Å². The van der Waals surface area contributed by atoms with E-state index in [0.717, 1.165) is 42.7 Å². The summed E-state index contributed by atoms with van der Waals surface area (Å²) in [5.41, 5.74) is 1.28. The van der Waals surface area contributed by atoms with Crippen molar-refractivity contribution in [2.45, 2.75) is 24.9 Å². The highest BCUT2D eigenvalue weighted by Gasteiger charge is 2.38. The van der Waals surface area contributed by atoms with Crippen LogP contribution in [0.5, 0.6) is 5.75 Å². The highest BCUT2D eigenvalue weighted by Crippen LogP contribution is 2.32. The summed E-state index contributed by atoms with van der Waals surface area (Å²) in [5, 5.41) is 19.9. The second-order valence-electron chi connectivity index (χ2n) is 9.54. The number of anilines is 1. The van der Waals surface area contributed by atoms with Gasteiger partial charge in [0.2, 0.25) is 5.91 Å². The van der Waals surface area contributed by atoms with E-state index < -0.39 is 18.6 Å². The fourth-order valence-corrected chi connectivity index (χ4v) is 5.02. The largest absolute Gasteiger partial charge is 0.492 e. The summed E-state index contributed by atoms with van der Waals surface area (Å²) in [6.07, 6.45) is -2.90. The van der Waals surface area contributed by atoms with Gasteiger partial charge in [-0.15, -0.1) is 15.3 Å². The topological polar surface area (TPSA) is 99.3 Å². The number of fused-ring (bicyclic) bond motifs is 1. The number of ether oxygens (including phenoxy) is 1. The molecule has 2 saturated heterocycles. The van der Waals surface area contributed by atoms with Crippen LogP contribution in [-0.2, 0) is 11.0 Å². The molecular weight excluding hydrogens is 503 g/mol. The minimum absolute atomic E-state index is 0.0652. The van der Waals surface area contributed by atoms with Crippen LogP contribution in [0.2, 0.25) is 0 Å². The molecule has 0 saturated carbocycles. The molecule has 1 N–H and O–H groups in total. The fraction of sp³-hybridized carbons (Fsp3) is 0.520. The van der Waals surface area contributed by atoms with E-state index in [2.05, 4.69) is 32.3 Å². The van der Waals surface area contributed by atoms with E-state index in [9.17, 15) is 18.0 Å². The van der Waals surface area contributed by atoms with Crippen LogP contribution in [0.1, 0.15) is 30.1 Å². The van der Waals surface area contributed by atoms with Crippen LogP contribution in [0, 0.1) is 0 Å². The third-order valence-electron chi connectivity index (χ3n) is 7.21. The highest BCUT2D eigenvalue weighted by atomic mass is 19.4. The number of hydrogen-bond acceptors (Lipinski definition) is 8. The summed E-state index contributed by atoms with van der Waals surface area (Å²) in [7, 11) is 0. The van der Waals surface area contributed by atoms with Crippen LogP contribution in [0.25, 0.3) is 5.65 Å². The van der Waals surface area contributed by atoms with E-state index in [1.807, 2.05) is 17.0 Å². The second-order valence-corrected chi connectivity index (χ2v) is 9.54. The Morgan fingerprint density at radius 2 is 1.68 bits per heavy atom. The zero-order chi connectivity index (χ0) is 26.7. The quantitative estimate of drug-likeness (QED) is 0.493. The molecule has 2 fully saturated rings. The number of benzene rings is 1. The molecule has 0 bridgehead atoms. The zero-order valence-electron chi connectivity index (χ0n) is 20.8. The minimum Gasteiger partial charge on any atom is -0.492 e. The fourth-order valence-electron chi connectivity index (χ4n) is 5.02. The smallest absolute Gasteiger partial charge is 0.453 e. The van der Waals surface area contributed by atoms with Crippen molar-refractivity contribution in [2.75, 3.05) is 63.9 Å². The minimum atomic E-state index is -4.62. The Morgan fingerprint density at radius 3 is 2.34 bits per heavy atom. The predicted octanol–water partition coefficient (Wildman–Crippen LogP) is 2.04. The summed E-state index contributed by atoms with van der Waals surface area (Å²) in [4.78, 5) is 17.5. The molecule has 3 aromatic rings. The number of rotatable bonds is 7. The molecule has 0 atom stereocenters. The SMILES string of the molecule is O=C(CO)N1CCN(CCOc2ccc(C3CCN(c4ccc5nnc(C(F)(F)F)n5n4)CC3)cc2)CC1. The molecular formula is C25H30F3N7O3. The lowest BCUT2D eigenvalue weighted by Gasteiger charge is -2.34. The number of amides is 1. The summed E-state index contributed by atoms with van der Waals surface area (Å²) in [6, 6.07) is 11.3. The first kappa shape index (κ1) is 26.2. The van der Waals surface area contributed by atoms with E-state index in [4.69, 9.17) is 9.84 Å². The summed E-state index contributed by atoms with van der Waals surface area (Å²) in [5.74, 6) is 0.279. The molecule has 2 aromatic heterocycles. The number of hydrogen-bond donors (Lipinski definition) is 1. The Hall–Kier alpha value is -3.45. The third kappa shape index (κ3) is 5.83. The van der Waals surface area contributed by atoms with Gasteiger partial charge in [-0.05, 0) is 48.6 Å². The number of carbonyl (C=O) groups excluding carboxylic acids is 1. The molecule has 13 heteroatoms. The van der Waals surface area contributed by atoms with E-state index in [1.165, 1.54) is 11.6 Å². The lowest BCUT2D eigenvalue weighted by molar-refractivity contribution is -0.146. The van der Waals surface area contributed by atoms with Crippen molar-refractivity contribution in [2.24, 2.45) is 0 Å². The molecule has 0 radical (unpaired) electrons. The van der Waals surface area contributed by atoms with Gasteiger partial charge in [-0.1, -0.05) is 12.1 Å². The Bertz CT molecular complexity index is 1240. The monoisotopic (exact) mass is 533 g/mol. The standard InChI is InChI=1S/C25H30F3N7O3/c26-25(27,28)24-30-29-21-5-6-22(31-35(21)24)33-9-7-19(8-10-33)18-1-3-20(4-2-18)38-16-15-32-11-13-34(14-12-32)23(37)17-36/h1-6,19,36H,7-17H2. The third-order valence-corrected chi connectivity index (χ3v) is 7.21. The summed E-state index contributed by atoms with van der Waals surface area (Å²) in [6.45, 7) is 5.00. The van der Waals surface area contributed by atoms with E-state index in [1.54, 1.807) is 11.0 Å². The Labute approximate surface area is 217 Å². The van der Waals surface area contributed by atoms with Gasteiger partial charge in [0.1, 0.15) is 24.8 Å². The average Bonchev–Trinajstić information content (AvgIpc) is 3.38. The van der Waals surface area contributed by atoms with Crippen molar-refractivity contribution in [3.63, 3.8) is 0 Å². The first-order chi connectivity index (χ1) is 18.3. The summed E-state index contributed by atoms with van der Waals surface area (Å²) < 4.78 is 46.2. The van der Waals surface area contributed by atoms with E-state index >= 15 is 0 Å². The molecule has 0 unspecified atom stereocenters. The number of nitrogens with zero attached hydrogens (tertiary/aromatic N) is 7. The van der Waals surface area contributed by atoms with E-state index in [0.29, 0.717) is 44.5 Å². The average molecular weight is 534 g/mol. The molecule has 0 aliphatic carbocycles. The zero-order valence-corrected chi connectivity index (χ0v) is 20.8. The van der Waals surface area contributed by atoms with Gasteiger partial charge in [-0.25, -0.2) is 0 Å². The molecule has 1 aromatic carbocycles. The first-order valence-electron chi connectivity index (χ1n) is 12.7. The number of aliphatic hydroxyl groups excluding tert-OH is 1. The number of piperazine rings is 1. The van der Waals surface area contributed by atoms with Crippen molar-refractivity contribution in [3.8, 4) is 5.75 Å². The maximum absolute atomic E-state index is 13.2. The van der Waals surface area contributed by atoms with Gasteiger partial charge < -0.3 is 19.6 Å². The van der Waals surface area contributed by atoms with Gasteiger partial charge in [0.25, 0.3) is 5.82 Å². The van der Waals surface area contributed by atoms with Gasteiger partial charge in [0, 0.05) is 45.8 Å². The second kappa shape index (κ2) is 11.1. The number of carbonyl (C=O) groups is 1. The van der Waals surface area contributed by atoms with Crippen molar-refractivity contribution in [1.82, 2.24) is 29.6 Å². The number of aromatic nitrogens is 4. The van der Waals surface area contributed by atoms with Crippen LogP contribution in [-0.4, -0.2) is 99.7 Å². The Balaban J connectivity index is 1.09. The maximum Gasteiger partial charge on any atom is 0.453 e. The molecule has 204 valence electrons. The molecule has 2 aliphatic heterocycles. The molecule has 38 heavy (non-hydrogen) atoms. The summed E-state index contributed by atoms with van der Waals surface area (Å²) >= 11 is 0. The van der Waals surface area contributed by atoms with E-state index in [-0.39, 0.29) is 11.6 Å². The number of halogens is 3. The normalized spacial score (nSPS) is 17.8. The number of aliphatic hydroxyl groups is 1. The molecule has 2 aliphatic rings. The van der Waals surface area contributed by atoms with Crippen molar-refractivity contribution in [3.05, 3.63) is 47.8 Å². The van der Waals surface area contributed by atoms with Gasteiger partial charge in [0.15, 0.2) is 5.65 Å². The van der Waals surface area contributed by atoms with Gasteiger partial charge in [0.05, 0.1) is 0 Å². The van der Waals surface area contributed by atoms with Crippen LogP contribution in [0.3, 0.4) is 0 Å². The van der Waals surface area contributed by atoms with Crippen molar-refractivity contribution in [1.29, 1.82) is 0 Å². The lowest BCUT2D eigenvalue weighted by Crippen LogP contribution is -2.50. The van der Waals surface area contributed by atoms with Crippen molar-refractivity contribution < 1.29 is 27.8 Å². The lowest BCUT2D eigenvalue weighted by atomic mass is 9.89. The maximum atomic E-state index is 13.2. The molecule has 5 rings (SSSR count). The van der Waals surface area contributed by atoms with Gasteiger partial charge >= 0.3 is 6.18 Å². The van der Waals surface area contributed by atoms with Crippen LogP contribution in [0.15, 0.2) is 36.4 Å². The predicted molar refractivity (Wildman–Crippen MR) is 132 cm³/mol. The molecule has 4 heterocycles. The van der Waals surface area contributed by atoms with Gasteiger partial charge in [-0.3, -0.25) is 9.69 Å². The van der Waals surface area contributed by atoms with Crippen molar-refractivity contribution >= 4 is 17.4 Å². The molecule has 0 spiro atoms. The van der Waals surface area contributed by atoms with Crippen LogP contribution >= 0.6 is 0 Å². The Kier molecular flexibility index (Phi) is 7.65. The number of alkyl halides is 3. The highest BCUT2D eigenvalue weighted by molar-refractivity contribution is 5.77. The number of piperidine rings is 1. The molecule has 1 amide bonds.